The van der Waals surface area contributed by atoms with Gasteiger partial charge in [0.1, 0.15) is 6.04 Å². The first-order valence-electron chi connectivity index (χ1n) is 5.83. The Morgan fingerprint density at radius 1 is 1.12 bits per heavy atom. The lowest BCUT2D eigenvalue weighted by Gasteiger charge is -2.08. The molecular formula is C14H16NS+. The Hall–Kier alpha value is -1.12. The largest absolute Gasteiger partial charge is 0.347 e. The van der Waals surface area contributed by atoms with E-state index in [0.717, 1.165) is 0 Å². The molecule has 0 saturated heterocycles. The number of aryl methyl sites for hydroxylation is 2. The van der Waals surface area contributed by atoms with Gasteiger partial charge in [0.25, 0.3) is 0 Å². The van der Waals surface area contributed by atoms with E-state index in [1.54, 1.807) is 22.5 Å². The predicted octanol–water partition coefficient (Wildman–Crippen LogP) is 2.57. The number of hydrogen-bond donors (Lipinski definition) is 1. The zero-order chi connectivity index (χ0) is 11.0. The first-order valence-corrected chi connectivity index (χ1v) is 6.71. The summed E-state index contributed by atoms with van der Waals surface area (Å²) in [5, 5.41) is 2.13. The average Bonchev–Trinajstić information content (AvgIpc) is 2.98. The normalized spacial score (nSPS) is 16.1. The van der Waals surface area contributed by atoms with Crippen molar-refractivity contribution < 1.29 is 5.73 Å². The lowest BCUT2D eigenvalue weighted by Crippen LogP contribution is -2.53. The zero-order valence-electron chi connectivity index (χ0n) is 9.28. The van der Waals surface area contributed by atoms with Crippen LogP contribution in [0.2, 0.25) is 0 Å². The van der Waals surface area contributed by atoms with Crippen LogP contribution in [0.3, 0.4) is 0 Å². The van der Waals surface area contributed by atoms with E-state index in [9.17, 15) is 0 Å². The quantitative estimate of drug-likeness (QED) is 0.821. The minimum Gasteiger partial charge on any atom is -0.347 e. The van der Waals surface area contributed by atoms with Gasteiger partial charge >= 0.3 is 0 Å². The van der Waals surface area contributed by atoms with Gasteiger partial charge in [0.15, 0.2) is 0 Å². The van der Waals surface area contributed by atoms with E-state index in [2.05, 4.69) is 41.4 Å². The Morgan fingerprint density at radius 2 is 2.00 bits per heavy atom. The highest BCUT2D eigenvalue weighted by Crippen LogP contribution is 2.27. The van der Waals surface area contributed by atoms with E-state index >= 15 is 0 Å². The van der Waals surface area contributed by atoms with Crippen LogP contribution in [0.25, 0.3) is 0 Å². The van der Waals surface area contributed by atoms with Crippen molar-refractivity contribution in [3.63, 3.8) is 0 Å². The summed E-state index contributed by atoms with van der Waals surface area (Å²) in [5.41, 5.74) is 8.74. The molecule has 0 radical (unpaired) electrons. The molecule has 0 bridgehead atoms. The first-order chi connectivity index (χ1) is 7.84. The Balaban J connectivity index is 1.95. The minimum absolute atomic E-state index is 0.297. The highest BCUT2D eigenvalue weighted by molar-refractivity contribution is 7.10. The van der Waals surface area contributed by atoms with Gasteiger partial charge in [-0.2, -0.15) is 0 Å². The summed E-state index contributed by atoms with van der Waals surface area (Å²) in [6, 6.07) is 11.5. The molecule has 0 unspecified atom stereocenters. The van der Waals surface area contributed by atoms with Crippen LogP contribution in [0.4, 0.5) is 0 Å². The number of thiophene rings is 1. The van der Waals surface area contributed by atoms with Gasteiger partial charge in [-0.05, 0) is 47.9 Å². The van der Waals surface area contributed by atoms with E-state index < -0.39 is 0 Å². The molecule has 1 heterocycles. The topological polar surface area (TPSA) is 27.6 Å². The van der Waals surface area contributed by atoms with Gasteiger partial charge in [0.2, 0.25) is 0 Å². The summed E-state index contributed by atoms with van der Waals surface area (Å²) >= 11 is 1.80. The summed E-state index contributed by atoms with van der Waals surface area (Å²) in [7, 11) is 0. The number of fused-ring (bicyclic) bond motifs is 1. The summed E-state index contributed by atoms with van der Waals surface area (Å²) in [5.74, 6) is 0. The van der Waals surface area contributed by atoms with Crippen LogP contribution < -0.4 is 5.73 Å². The Labute approximate surface area is 99.9 Å². The van der Waals surface area contributed by atoms with Crippen LogP contribution in [0.1, 0.15) is 34.0 Å². The standard InChI is InChI=1S/C14H15NS/c15-14(13-5-2-8-16-13)12-7-6-10-3-1-4-11(10)9-12/h2,5-9,14H,1,3-4,15H2/p+1/t14-/m0/s1. The molecule has 1 aromatic carbocycles. The second-order valence-corrected chi connectivity index (χ2v) is 5.43. The molecule has 2 heteroatoms. The second kappa shape index (κ2) is 4.04. The molecule has 0 fully saturated rings. The number of rotatable bonds is 2. The Morgan fingerprint density at radius 3 is 2.81 bits per heavy atom. The first kappa shape index (κ1) is 10.1. The van der Waals surface area contributed by atoms with Gasteiger partial charge in [-0.1, -0.05) is 18.2 Å². The molecule has 0 saturated carbocycles. The van der Waals surface area contributed by atoms with Crippen molar-refractivity contribution in [3.05, 3.63) is 57.3 Å². The van der Waals surface area contributed by atoms with Crippen LogP contribution in [-0.2, 0) is 12.8 Å². The van der Waals surface area contributed by atoms with Gasteiger partial charge in [0.05, 0.1) is 4.88 Å². The molecule has 1 aliphatic rings. The van der Waals surface area contributed by atoms with E-state index in [0.29, 0.717) is 6.04 Å². The van der Waals surface area contributed by atoms with Crippen molar-refractivity contribution in [2.24, 2.45) is 0 Å². The molecule has 2 aromatic rings. The van der Waals surface area contributed by atoms with E-state index in [4.69, 9.17) is 0 Å². The van der Waals surface area contributed by atoms with Gasteiger partial charge < -0.3 is 5.73 Å². The number of hydrogen-bond acceptors (Lipinski definition) is 1. The fourth-order valence-electron chi connectivity index (χ4n) is 2.46. The third kappa shape index (κ3) is 1.68. The molecular weight excluding hydrogens is 214 g/mol. The van der Waals surface area contributed by atoms with Gasteiger partial charge in [-0.25, -0.2) is 0 Å². The fraction of sp³-hybridized carbons (Fsp3) is 0.286. The Bertz CT molecular complexity index is 487. The Kier molecular flexibility index (Phi) is 2.54. The molecule has 0 aliphatic heterocycles. The molecule has 1 aliphatic carbocycles. The van der Waals surface area contributed by atoms with Crippen molar-refractivity contribution >= 4 is 11.3 Å². The van der Waals surface area contributed by atoms with Crippen LogP contribution in [0, 0.1) is 0 Å². The number of benzene rings is 1. The lowest BCUT2D eigenvalue weighted by atomic mass is 10.0. The van der Waals surface area contributed by atoms with Crippen molar-refractivity contribution in [1.29, 1.82) is 0 Å². The molecule has 1 aromatic heterocycles. The molecule has 0 amide bonds. The smallest absolute Gasteiger partial charge is 0.145 e. The maximum Gasteiger partial charge on any atom is 0.145 e. The third-order valence-electron chi connectivity index (χ3n) is 3.41. The maximum atomic E-state index is 4.29. The molecule has 3 N–H and O–H groups in total. The van der Waals surface area contributed by atoms with Gasteiger partial charge in [-0.15, -0.1) is 11.3 Å². The van der Waals surface area contributed by atoms with E-state index in [-0.39, 0.29) is 0 Å². The van der Waals surface area contributed by atoms with Gasteiger partial charge in [0, 0.05) is 5.56 Å². The zero-order valence-corrected chi connectivity index (χ0v) is 10.1. The average molecular weight is 230 g/mol. The predicted molar refractivity (Wildman–Crippen MR) is 67.5 cm³/mol. The number of quaternary nitrogens is 1. The summed E-state index contributed by atoms with van der Waals surface area (Å²) in [4.78, 5) is 1.36. The van der Waals surface area contributed by atoms with Crippen LogP contribution in [0.5, 0.6) is 0 Å². The summed E-state index contributed by atoms with van der Waals surface area (Å²) in [6.45, 7) is 0. The second-order valence-electron chi connectivity index (χ2n) is 4.45. The SMILES string of the molecule is [NH3+][C@@H](c1ccc2c(c1)CCC2)c1cccs1. The minimum atomic E-state index is 0.297. The van der Waals surface area contributed by atoms with E-state index in [1.807, 2.05) is 0 Å². The lowest BCUT2D eigenvalue weighted by molar-refractivity contribution is -0.410. The van der Waals surface area contributed by atoms with Crippen molar-refractivity contribution in [3.8, 4) is 0 Å². The monoisotopic (exact) mass is 230 g/mol. The van der Waals surface area contributed by atoms with Crippen LogP contribution in [0.15, 0.2) is 35.7 Å². The third-order valence-corrected chi connectivity index (χ3v) is 4.40. The van der Waals surface area contributed by atoms with Gasteiger partial charge in [-0.3, -0.25) is 0 Å². The molecule has 82 valence electrons. The summed E-state index contributed by atoms with van der Waals surface area (Å²) < 4.78 is 0. The fourth-order valence-corrected chi connectivity index (χ4v) is 3.23. The van der Waals surface area contributed by atoms with Crippen molar-refractivity contribution in [2.75, 3.05) is 0 Å². The molecule has 0 spiro atoms. The van der Waals surface area contributed by atoms with Crippen molar-refractivity contribution in [2.45, 2.75) is 25.3 Å². The van der Waals surface area contributed by atoms with Crippen molar-refractivity contribution in [1.82, 2.24) is 0 Å². The van der Waals surface area contributed by atoms with Crippen LogP contribution >= 0.6 is 11.3 Å². The van der Waals surface area contributed by atoms with E-state index in [1.165, 1.54) is 29.7 Å². The highest BCUT2D eigenvalue weighted by Gasteiger charge is 2.17. The maximum absolute atomic E-state index is 4.29. The van der Waals surface area contributed by atoms with Crippen LogP contribution in [-0.4, -0.2) is 0 Å². The molecule has 3 rings (SSSR count). The molecule has 1 atom stereocenters. The molecule has 16 heavy (non-hydrogen) atoms. The summed E-state index contributed by atoms with van der Waals surface area (Å²) in [6.07, 6.45) is 3.83. The molecule has 1 nitrogen and oxygen atoms in total. The highest BCUT2D eigenvalue weighted by atomic mass is 32.1.